The Balaban J connectivity index is 1.91. The number of anilines is 1. The number of ether oxygens (including phenoxy) is 1. The molecule has 1 heterocycles. The molecule has 2 rings (SSSR count). The summed E-state index contributed by atoms with van der Waals surface area (Å²) in [6.45, 7) is -0.457. The summed E-state index contributed by atoms with van der Waals surface area (Å²) in [5, 5.41) is 6.40. The van der Waals surface area contributed by atoms with Gasteiger partial charge in [0, 0.05) is 26.2 Å². The van der Waals surface area contributed by atoms with Crippen LogP contribution >= 0.6 is 22.9 Å². The van der Waals surface area contributed by atoms with Gasteiger partial charge in [0.1, 0.15) is 4.90 Å². The molecule has 1 aromatic carbocycles. The van der Waals surface area contributed by atoms with E-state index in [4.69, 9.17) is 16.3 Å². The van der Waals surface area contributed by atoms with Crippen molar-refractivity contribution in [2.45, 2.75) is 17.7 Å². The van der Waals surface area contributed by atoms with Gasteiger partial charge in [-0.05, 0) is 47.0 Å². The maximum atomic E-state index is 12.2. The lowest BCUT2D eigenvalue weighted by atomic mass is 10.2. The fourth-order valence-electron chi connectivity index (χ4n) is 2.07. The van der Waals surface area contributed by atoms with Crippen LogP contribution in [-0.4, -0.2) is 45.3 Å². The van der Waals surface area contributed by atoms with Crippen LogP contribution in [0.5, 0.6) is 0 Å². The predicted molar refractivity (Wildman–Crippen MR) is 105 cm³/mol. The molecule has 27 heavy (non-hydrogen) atoms. The summed E-state index contributed by atoms with van der Waals surface area (Å²) >= 11 is 7.50. The maximum absolute atomic E-state index is 12.2. The Morgan fingerprint density at radius 2 is 2.00 bits per heavy atom. The molecule has 0 radical (unpaired) electrons. The number of thiophene rings is 1. The number of carbonyl (C=O) groups is 2. The first-order valence-electron chi connectivity index (χ1n) is 7.89. The number of esters is 1. The third kappa shape index (κ3) is 6.03. The SMILES string of the molecule is CN(C)S(=O)(=O)c1cc(NC(=O)COC(=O)CCc2ccsc2)ccc1Cl. The molecule has 10 heteroatoms. The molecule has 0 aliphatic heterocycles. The van der Waals surface area contributed by atoms with Gasteiger partial charge in [0.05, 0.1) is 5.02 Å². The fourth-order valence-corrected chi connectivity index (χ4v) is 4.17. The van der Waals surface area contributed by atoms with Crippen LogP contribution < -0.4 is 5.32 Å². The lowest BCUT2D eigenvalue weighted by Gasteiger charge is -2.14. The molecule has 0 atom stereocenters. The van der Waals surface area contributed by atoms with E-state index in [1.165, 1.54) is 32.3 Å². The molecule has 1 amide bonds. The number of rotatable bonds is 8. The van der Waals surface area contributed by atoms with Crippen molar-refractivity contribution in [2.75, 3.05) is 26.0 Å². The Hall–Kier alpha value is -1.94. The van der Waals surface area contributed by atoms with E-state index in [2.05, 4.69) is 5.32 Å². The smallest absolute Gasteiger partial charge is 0.306 e. The van der Waals surface area contributed by atoms with Crippen molar-refractivity contribution in [3.05, 3.63) is 45.6 Å². The number of nitrogens with one attached hydrogen (secondary N) is 1. The standard InChI is InChI=1S/C17H19ClN2O5S2/c1-20(2)27(23,24)15-9-13(4-5-14(15)18)19-16(21)10-25-17(22)6-3-12-7-8-26-11-12/h4-5,7-9,11H,3,6,10H2,1-2H3,(H,19,21). The summed E-state index contributed by atoms with van der Waals surface area (Å²) in [5.41, 5.74) is 1.27. The Morgan fingerprint density at radius 1 is 1.26 bits per heavy atom. The zero-order chi connectivity index (χ0) is 20.0. The zero-order valence-corrected chi connectivity index (χ0v) is 17.2. The highest BCUT2D eigenvalue weighted by atomic mass is 35.5. The molecular weight excluding hydrogens is 412 g/mol. The molecule has 2 aromatic rings. The summed E-state index contributed by atoms with van der Waals surface area (Å²) in [5.74, 6) is -1.06. The van der Waals surface area contributed by atoms with E-state index >= 15 is 0 Å². The van der Waals surface area contributed by atoms with Gasteiger partial charge in [-0.3, -0.25) is 9.59 Å². The number of sulfonamides is 1. The average Bonchev–Trinajstić information content (AvgIpc) is 3.13. The summed E-state index contributed by atoms with van der Waals surface area (Å²) in [6, 6.07) is 6.02. The van der Waals surface area contributed by atoms with Gasteiger partial charge in [-0.1, -0.05) is 11.6 Å². The van der Waals surface area contributed by atoms with Crippen LogP contribution in [0.25, 0.3) is 0 Å². The molecule has 0 saturated heterocycles. The number of hydrogen-bond donors (Lipinski definition) is 1. The summed E-state index contributed by atoms with van der Waals surface area (Å²) in [4.78, 5) is 23.5. The van der Waals surface area contributed by atoms with E-state index in [0.717, 1.165) is 9.87 Å². The van der Waals surface area contributed by atoms with Gasteiger partial charge >= 0.3 is 5.97 Å². The van der Waals surface area contributed by atoms with E-state index in [9.17, 15) is 18.0 Å². The second kappa shape index (κ2) is 9.32. The number of aryl methyl sites for hydroxylation is 1. The minimum atomic E-state index is -3.75. The predicted octanol–water partition coefficient (Wildman–Crippen LogP) is 2.77. The van der Waals surface area contributed by atoms with Gasteiger partial charge < -0.3 is 10.1 Å². The summed E-state index contributed by atoms with van der Waals surface area (Å²) in [7, 11) is -0.992. The number of benzene rings is 1. The third-order valence-electron chi connectivity index (χ3n) is 3.54. The lowest BCUT2D eigenvalue weighted by Crippen LogP contribution is -2.23. The van der Waals surface area contributed by atoms with Crippen LogP contribution in [0.2, 0.25) is 5.02 Å². The average molecular weight is 431 g/mol. The first-order valence-corrected chi connectivity index (χ1v) is 10.6. The minimum absolute atomic E-state index is 0.0431. The van der Waals surface area contributed by atoms with Crippen molar-refractivity contribution in [3.8, 4) is 0 Å². The highest BCUT2D eigenvalue weighted by Crippen LogP contribution is 2.26. The van der Waals surface area contributed by atoms with E-state index < -0.39 is 28.5 Å². The van der Waals surface area contributed by atoms with E-state index in [-0.39, 0.29) is 22.0 Å². The van der Waals surface area contributed by atoms with Crippen LogP contribution in [0.15, 0.2) is 39.9 Å². The summed E-state index contributed by atoms with van der Waals surface area (Å²) in [6.07, 6.45) is 0.725. The van der Waals surface area contributed by atoms with Crippen molar-refractivity contribution < 1.29 is 22.7 Å². The largest absolute Gasteiger partial charge is 0.456 e. The van der Waals surface area contributed by atoms with Crippen molar-refractivity contribution >= 4 is 50.5 Å². The highest BCUT2D eigenvalue weighted by molar-refractivity contribution is 7.89. The molecule has 0 fully saturated rings. The number of halogens is 1. The molecule has 1 N–H and O–H groups in total. The quantitative estimate of drug-likeness (QED) is 0.650. The van der Waals surface area contributed by atoms with Gasteiger partial charge in [-0.25, -0.2) is 12.7 Å². The van der Waals surface area contributed by atoms with Crippen LogP contribution in [-0.2, 0) is 30.8 Å². The zero-order valence-electron chi connectivity index (χ0n) is 14.8. The molecular formula is C17H19ClN2O5S2. The van der Waals surface area contributed by atoms with Crippen LogP contribution in [0.3, 0.4) is 0 Å². The summed E-state index contributed by atoms with van der Waals surface area (Å²) < 4.78 is 30.4. The van der Waals surface area contributed by atoms with Gasteiger partial charge in [0.25, 0.3) is 5.91 Å². The minimum Gasteiger partial charge on any atom is -0.456 e. The molecule has 1 aromatic heterocycles. The lowest BCUT2D eigenvalue weighted by molar-refractivity contribution is -0.147. The normalized spacial score (nSPS) is 11.4. The van der Waals surface area contributed by atoms with E-state index in [1.54, 1.807) is 11.3 Å². The van der Waals surface area contributed by atoms with E-state index in [0.29, 0.717) is 6.42 Å². The monoisotopic (exact) mass is 430 g/mol. The second-order valence-electron chi connectivity index (χ2n) is 5.77. The molecule has 7 nitrogen and oxygen atoms in total. The molecule has 0 unspecified atom stereocenters. The Labute approximate surface area is 166 Å². The Kier molecular flexibility index (Phi) is 7.37. The molecule has 146 valence electrons. The van der Waals surface area contributed by atoms with Crippen molar-refractivity contribution in [1.82, 2.24) is 4.31 Å². The first-order chi connectivity index (χ1) is 12.7. The Bertz CT molecular complexity index is 911. The number of amides is 1. The Morgan fingerprint density at radius 3 is 2.63 bits per heavy atom. The second-order valence-corrected chi connectivity index (χ2v) is 9.08. The third-order valence-corrected chi connectivity index (χ3v) is 6.56. The van der Waals surface area contributed by atoms with Gasteiger partial charge in [0.2, 0.25) is 10.0 Å². The molecule has 0 aliphatic rings. The van der Waals surface area contributed by atoms with Gasteiger partial charge in [-0.15, -0.1) is 0 Å². The van der Waals surface area contributed by atoms with Gasteiger partial charge in [-0.2, -0.15) is 11.3 Å². The molecule has 0 spiro atoms. The highest BCUT2D eigenvalue weighted by Gasteiger charge is 2.21. The van der Waals surface area contributed by atoms with Crippen LogP contribution in [0, 0.1) is 0 Å². The number of carbonyl (C=O) groups excluding carboxylic acids is 2. The van der Waals surface area contributed by atoms with Crippen molar-refractivity contribution in [2.24, 2.45) is 0 Å². The topological polar surface area (TPSA) is 92.8 Å². The molecule has 0 saturated carbocycles. The molecule has 0 bridgehead atoms. The van der Waals surface area contributed by atoms with Crippen molar-refractivity contribution in [3.63, 3.8) is 0 Å². The van der Waals surface area contributed by atoms with Crippen LogP contribution in [0.4, 0.5) is 5.69 Å². The number of nitrogens with zero attached hydrogens (tertiary/aromatic N) is 1. The van der Waals surface area contributed by atoms with Gasteiger partial charge in [0.15, 0.2) is 6.61 Å². The number of hydrogen-bond acceptors (Lipinski definition) is 6. The fraction of sp³-hybridized carbons (Fsp3) is 0.294. The first kappa shape index (κ1) is 21.4. The van der Waals surface area contributed by atoms with Crippen molar-refractivity contribution in [1.29, 1.82) is 0 Å². The van der Waals surface area contributed by atoms with E-state index in [1.807, 2.05) is 16.8 Å². The van der Waals surface area contributed by atoms with Crippen LogP contribution in [0.1, 0.15) is 12.0 Å². The maximum Gasteiger partial charge on any atom is 0.306 e. The molecule has 0 aliphatic carbocycles.